The Labute approximate surface area is 107 Å². The van der Waals surface area contributed by atoms with Crippen molar-refractivity contribution in [2.45, 2.75) is 19.4 Å². The SMILES string of the molecule is O=C(O)CCc1nnc(COc2ccc(F)cc2)o1. The summed E-state index contributed by atoms with van der Waals surface area (Å²) in [6.45, 7) is 0.0473. The van der Waals surface area contributed by atoms with Crippen LogP contribution in [0.3, 0.4) is 0 Å². The second kappa shape index (κ2) is 5.94. The topological polar surface area (TPSA) is 85.5 Å². The summed E-state index contributed by atoms with van der Waals surface area (Å²) in [5.41, 5.74) is 0. The highest BCUT2D eigenvalue weighted by Crippen LogP contribution is 2.13. The average Bonchev–Trinajstić information content (AvgIpc) is 2.84. The normalized spacial score (nSPS) is 10.4. The second-order valence-corrected chi connectivity index (χ2v) is 3.73. The first kappa shape index (κ1) is 13.0. The van der Waals surface area contributed by atoms with Crippen molar-refractivity contribution in [1.29, 1.82) is 0 Å². The fraction of sp³-hybridized carbons (Fsp3) is 0.250. The van der Waals surface area contributed by atoms with E-state index < -0.39 is 5.97 Å². The lowest BCUT2D eigenvalue weighted by molar-refractivity contribution is -0.137. The number of nitrogens with zero attached hydrogens (tertiary/aromatic N) is 2. The number of benzene rings is 1. The molecule has 7 heteroatoms. The maximum absolute atomic E-state index is 12.7. The first-order valence-corrected chi connectivity index (χ1v) is 5.55. The largest absolute Gasteiger partial charge is 0.484 e. The van der Waals surface area contributed by atoms with Gasteiger partial charge in [0.25, 0.3) is 5.89 Å². The molecule has 1 aromatic carbocycles. The molecule has 0 atom stereocenters. The van der Waals surface area contributed by atoms with Crippen molar-refractivity contribution in [3.63, 3.8) is 0 Å². The fourth-order valence-corrected chi connectivity index (χ4v) is 1.34. The number of aliphatic carboxylic acids is 1. The first-order chi connectivity index (χ1) is 9.13. The number of hydrogen-bond donors (Lipinski definition) is 1. The van der Waals surface area contributed by atoms with Crippen LogP contribution < -0.4 is 4.74 Å². The van der Waals surface area contributed by atoms with Crippen molar-refractivity contribution in [2.24, 2.45) is 0 Å². The smallest absolute Gasteiger partial charge is 0.303 e. The summed E-state index contributed by atoms with van der Waals surface area (Å²) >= 11 is 0. The van der Waals surface area contributed by atoms with Crippen LogP contribution in [0, 0.1) is 5.82 Å². The molecule has 6 nitrogen and oxygen atoms in total. The molecule has 0 radical (unpaired) electrons. The van der Waals surface area contributed by atoms with Gasteiger partial charge in [-0.25, -0.2) is 4.39 Å². The van der Waals surface area contributed by atoms with Crippen LogP contribution in [0.5, 0.6) is 5.75 Å². The van der Waals surface area contributed by atoms with Crippen molar-refractivity contribution in [3.05, 3.63) is 41.9 Å². The third kappa shape index (κ3) is 4.06. The van der Waals surface area contributed by atoms with Gasteiger partial charge in [-0.05, 0) is 24.3 Å². The highest BCUT2D eigenvalue weighted by atomic mass is 19.1. The number of ether oxygens (including phenoxy) is 1. The lowest BCUT2D eigenvalue weighted by Gasteiger charge is -2.02. The standard InChI is InChI=1S/C12H11FN2O4/c13-8-1-3-9(4-2-8)18-7-11-15-14-10(19-11)5-6-12(16)17/h1-4H,5-7H2,(H,16,17). The van der Waals surface area contributed by atoms with E-state index in [4.69, 9.17) is 14.3 Å². The lowest BCUT2D eigenvalue weighted by atomic mass is 10.3. The summed E-state index contributed by atoms with van der Waals surface area (Å²) in [6.07, 6.45) is 0.110. The van der Waals surface area contributed by atoms with E-state index in [1.54, 1.807) is 0 Å². The van der Waals surface area contributed by atoms with Crippen LogP contribution in [-0.2, 0) is 17.8 Å². The van der Waals surface area contributed by atoms with E-state index in [1.807, 2.05) is 0 Å². The van der Waals surface area contributed by atoms with Crippen LogP contribution in [0.1, 0.15) is 18.2 Å². The highest BCUT2D eigenvalue weighted by Gasteiger charge is 2.08. The summed E-state index contributed by atoms with van der Waals surface area (Å²) in [7, 11) is 0. The zero-order chi connectivity index (χ0) is 13.7. The number of rotatable bonds is 6. The van der Waals surface area contributed by atoms with Crippen molar-refractivity contribution in [1.82, 2.24) is 10.2 Å². The molecule has 1 heterocycles. The molecule has 0 saturated carbocycles. The fourth-order valence-electron chi connectivity index (χ4n) is 1.34. The van der Waals surface area contributed by atoms with Crippen molar-refractivity contribution in [3.8, 4) is 5.75 Å². The molecule has 0 fully saturated rings. The number of carboxylic acid groups (broad SMARTS) is 1. The molecule has 0 bridgehead atoms. The zero-order valence-corrected chi connectivity index (χ0v) is 9.88. The second-order valence-electron chi connectivity index (χ2n) is 3.73. The Balaban J connectivity index is 1.86. The minimum Gasteiger partial charge on any atom is -0.484 e. The first-order valence-electron chi connectivity index (χ1n) is 5.55. The number of carboxylic acids is 1. The number of hydrogen-bond acceptors (Lipinski definition) is 5. The average molecular weight is 266 g/mol. The van der Waals surface area contributed by atoms with E-state index in [-0.39, 0.29) is 37.0 Å². The number of aromatic nitrogens is 2. The monoisotopic (exact) mass is 266 g/mol. The Morgan fingerprint density at radius 1 is 1.26 bits per heavy atom. The summed E-state index contributed by atoms with van der Waals surface area (Å²) in [4.78, 5) is 10.4. The molecule has 0 aliphatic rings. The van der Waals surface area contributed by atoms with E-state index in [0.717, 1.165) is 0 Å². The zero-order valence-electron chi connectivity index (χ0n) is 9.88. The summed E-state index contributed by atoms with van der Waals surface area (Å²) in [6, 6.07) is 5.52. The molecule has 1 N–H and O–H groups in total. The number of halogens is 1. The minimum atomic E-state index is -0.928. The van der Waals surface area contributed by atoms with Crippen LogP contribution in [0.25, 0.3) is 0 Å². The Bertz CT molecular complexity index is 553. The molecule has 0 spiro atoms. The van der Waals surface area contributed by atoms with Gasteiger partial charge in [0.05, 0.1) is 6.42 Å². The predicted octanol–water partition coefficient (Wildman–Crippen LogP) is 1.80. The molecular formula is C12H11FN2O4. The predicted molar refractivity (Wildman–Crippen MR) is 61.0 cm³/mol. The summed E-state index contributed by atoms with van der Waals surface area (Å²) in [5, 5.41) is 15.9. The molecular weight excluding hydrogens is 255 g/mol. The van der Waals surface area contributed by atoms with Crippen molar-refractivity contribution in [2.75, 3.05) is 0 Å². The van der Waals surface area contributed by atoms with E-state index in [2.05, 4.69) is 10.2 Å². The van der Waals surface area contributed by atoms with Crippen LogP contribution in [-0.4, -0.2) is 21.3 Å². The molecule has 2 rings (SSSR count). The Morgan fingerprint density at radius 3 is 2.63 bits per heavy atom. The Morgan fingerprint density at radius 2 is 1.95 bits per heavy atom. The Hall–Kier alpha value is -2.44. The molecule has 0 aliphatic heterocycles. The quantitative estimate of drug-likeness (QED) is 0.858. The number of aryl methyl sites for hydroxylation is 1. The maximum Gasteiger partial charge on any atom is 0.303 e. The van der Waals surface area contributed by atoms with Gasteiger partial charge in [-0.3, -0.25) is 4.79 Å². The van der Waals surface area contributed by atoms with Gasteiger partial charge in [-0.2, -0.15) is 0 Å². The van der Waals surface area contributed by atoms with Crippen LogP contribution >= 0.6 is 0 Å². The van der Waals surface area contributed by atoms with E-state index in [9.17, 15) is 9.18 Å². The van der Waals surface area contributed by atoms with Gasteiger partial charge in [0.1, 0.15) is 11.6 Å². The van der Waals surface area contributed by atoms with Crippen molar-refractivity contribution < 1.29 is 23.4 Å². The van der Waals surface area contributed by atoms with Crippen LogP contribution in [0.15, 0.2) is 28.7 Å². The van der Waals surface area contributed by atoms with Gasteiger partial charge in [0.15, 0.2) is 6.61 Å². The van der Waals surface area contributed by atoms with E-state index in [1.165, 1.54) is 24.3 Å². The molecule has 0 unspecified atom stereocenters. The lowest BCUT2D eigenvalue weighted by Crippen LogP contribution is -1.97. The molecule has 2 aromatic rings. The van der Waals surface area contributed by atoms with E-state index >= 15 is 0 Å². The third-order valence-corrected chi connectivity index (χ3v) is 2.24. The maximum atomic E-state index is 12.7. The molecule has 0 saturated heterocycles. The molecule has 0 amide bonds. The Kier molecular flexibility index (Phi) is 4.07. The van der Waals surface area contributed by atoms with Gasteiger partial charge in [-0.1, -0.05) is 0 Å². The number of carbonyl (C=O) groups is 1. The van der Waals surface area contributed by atoms with Gasteiger partial charge in [0.2, 0.25) is 5.89 Å². The molecule has 19 heavy (non-hydrogen) atoms. The van der Waals surface area contributed by atoms with Gasteiger partial charge in [-0.15, -0.1) is 10.2 Å². The summed E-state index contributed by atoms with van der Waals surface area (Å²) < 4.78 is 23.2. The highest BCUT2D eigenvalue weighted by molar-refractivity contribution is 5.66. The minimum absolute atomic E-state index is 0.0473. The molecule has 100 valence electrons. The summed E-state index contributed by atoms with van der Waals surface area (Å²) in [5.74, 6) is -0.306. The van der Waals surface area contributed by atoms with Gasteiger partial charge in [0, 0.05) is 6.42 Å². The van der Waals surface area contributed by atoms with Crippen molar-refractivity contribution >= 4 is 5.97 Å². The van der Waals surface area contributed by atoms with Gasteiger partial charge < -0.3 is 14.3 Å². The third-order valence-electron chi connectivity index (χ3n) is 2.24. The van der Waals surface area contributed by atoms with Crippen LogP contribution in [0.2, 0.25) is 0 Å². The van der Waals surface area contributed by atoms with E-state index in [0.29, 0.717) is 5.75 Å². The molecule has 1 aromatic heterocycles. The van der Waals surface area contributed by atoms with Gasteiger partial charge >= 0.3 is 5.97 Å². The van der Waals surface area contributed by atoms with Crippen LogP contribution in [0.4, 0.5) is 4.39 Å². The molecule has 0 aliphatic carbocycles.